The average molecular weight is 540 g/mol. The standard InChI is InChI=1S/C28H21N5O5S/c1-17-12-13-29-28(30-17)33-39(35,36)20-9-7-19(8-10-20)31-27(34)22-15-24(32-23-5-3-2-4-21(22)23)18-6-11-25-26(14-18)38-16-37-25/h2-15H,16H2,1H3,(H,31,34)(H,29,30,33). The largest absolute Gasteiger partial charge is 0.454 e. The molecule has 0 radical (unpaired) electrons. The molecule has 0 fully saturated rings. The van der Waals surface area contributed by atoms with E-state index in [9.17, 15) is 13.2 Å². The summed E-state index contributed by atoms with van der Waals surface area (Å²) in [5.41, 5.74) is 3.51. The Labute approximate surface area is 223 Å². The summed E-state index contributed by atoms with van der Waals surface area (Å²) < 4.78 is 38.8. The average Bonchev–Trinajstić information content (AvgIpc) is 3.40. The van der Waals surface area contributed by atoms with Crippen LogP contribution in [0.25, 0.3) is 22.2 Å². The van der Waals surface area contributed by atoms with Crippen LogP contribution in [-0.4, -0.2) is 36.1 Å². The van der Waals surface area contributed by atoms with Crippen molar-refractivity contribution in [3.05, 3.63) is 96.3 Å². The summed E-state index contributed by atoms with van der Waals surface area (Å²) >= 11 is 0. The number of sulfonamides is 1. The molecule has 0 atom stereocenters. The van der Waals surface area contributed by atoms with Crippen LogP contribution in [0.1, 0.15) is 16.1 Å². The molecule has 0 saturated carbocycles. The number of nitrogens with one attached hydrogen (secondary N) is 2. The maximum atomic E-state index is 13.4. The number of nitrogens with zero attached hydrogens (tertiary/aromatic N) is 3. The lowest BCUT2D eigenvalue weighted by molar-refractivity contribution is 0.102. The zero-order valence-corrected chi connectivity index (χ0v) is 21.4. The summed E-state index contributed by atoms with van der Waals surface area (Å²) in [6.07, 6.45) is 1.47. The van der Waals surface area contributed by atoms with E-state index in [2.05, 4.69) is 20.0 Å². The molecule has 6 rings (SSSR count). The summed E-state index contributed by atoms with van der Waals surface area (Å²) in [5, 5.41) is 3.54. The molecule has 194 valence electrons. The molecule has 0 spiro atoms. The summed E-state index contributed by atoms with van der Waals surface area (Å²) in [6.45, 7) is 1.90. The molecule has 0 bridgehead atoms. The van der Waals surface area contributed by atoms with Crippen molar-refractivity contribution in [1.29, 1.82) is 0 Å². The van der Waals surface area contributed by atoms with Crippen molar-refractivity contribution >= 4 is 38.5 Å². The fraction of sp³-hybridized carbons (Fsp3) is 0.0714. The summed E-state index contributed by atoms with van der Waals surface area (Å²) in [7, 11) is -3.91. The van der Waals surface area contributed by atoms with Gasteiger partial charge in [-0.2, -0.15) is 0 Å². The number of benzene rings is 3. The lowest BCUT2D eigenvalue weighted by Gasteiger charge is -2.12. The molecule has 0 aliphatic carbocycles. The van der Waals surface area contributed by atoms with Gasteiger partial charge in [-0.05, 0) is 67.6 Å². The highest BCUT2D eigenvalue weighted by Crippen LogP contribution is 2.36. The summed E-state index contributed by atoms with van der Waals surface area (Å²) in [4.78, 5) is 26.2. The highest BCUT2D eigenvalue weighted by molar-refractivity contribution is 7.92. The molecule has 2 aromatic heterocycles. The number of hydrogen-bond donors (Lipinski definition) is 2. The molecule has 3 aromatic carbocycles. The van der Waals surface area contributed by atoms with E-state index in [0.29, 0.717) is 45.0 Å². The van der Waals surface area contributed by atoms with Gasteiger partial charge in [-0.25, -0.2) is 28.1 Å². The number of anilines is 2. The number of carbonyl (C=O) groups is 1. The maximum absolute atomic E-state index is 13.4. The molecule has 0 unspecified atom stereocenters. The van der Waals surface area contributed by atoms with Crippen molar-refractivity contribution < 1.29 is 22.7 Å². The van der Waals surface area contributed by atoms with Crippen molar-refractivity contribution in [1.82, 2.24) is 15.0 Å². The molecule has 39 heavy (non-hydrogen) atoms. The second-order valence-electron chi connectivity index (χ2n) is 8.75. The van der Waals surface area contributed by atoms with Crippen LogP contribution < -0.4 is 19.5 Å². The third-order valence-electron chi connectivity index (χ3n) is 6.07. The van der Waals surface area contributed by atoms with Gasteiger partial charge < -0.3 is 14.8 Å². The van der Waals surface area contributed by atoms with Gasteiger partial charge in [0.1, 0.15) is 0 Å². The minimum Gasteiger partial charge on any atom is -0.454 e. The van der Waals surface area contributed by atoms with E-state index >= 15 is 0 Å². The molecular weight excluding hydrogens is 518 g/mol. The number of para-hydroxylation sites is 1. The fourth-order valence-electron chi connectivity index (χ4n) is 4.16. The monoisotopic (exact) mass is 539 g/mol. The lowest BCUT2D eigenvalue weighted by Crippen LogP contribution is -2.16. The van der Waals surface area contributed by atoms with Crippen molar-refractivity contribution in [2.45, 2.75) is 11.8 Å². The Balaban J connectivity index is 1.27. The Morgan fingerprint density at radius 1 is 0.897 bits per heavy atom. The van der Waals surface area contributed by atoms with Crippen LogP contribution in [0.15, 0.2) is 90.0 Å². The van der Waals surface area contributed by atoms with E-state index in [0.717, 1.165) is 5.56 Å². The molecule has 2 N–H and O–H groups in total. The Bertz CT molecular complexity index is 1840. The van der Waals surface area contributed by atoms with Gasteiger partial charge in [0.05, 0.1) is 21.7 Å². The minimum absolute atomic E-state index is 0.00469. The number of ether oxygens (including phenoxy) is 2. The second kappa shape index (κ2) is 9.69. The quantitative estimate of drug-likeness (QED) is 0.315. The Morgan fingerprint density at radius 2 is 1.69 bits per heavy atom. The Hall–Kier alpha value is -5.03. The summed E-state index contributed by atoms with van der Waals surface area (Å²) in [6, 6.07) is 22.1. The van der Waals surface area contributed by atoms with Crippen molar-refractivity contribution in [2.24, 2.45) is 0 Å². The van der Waals surface area contributed by atoms with Crippen LogP contribution >= 0.6 is 0 Å². The first kappa shape index (κ1) is 24.3. The molecule has 1 aliphatic rings. The molecule has 0 saturated heterocycles. The van der Waals surface area contributed by atoms with Crippen LogP contribution in [0.4, 0.5) is 11.6 Å². The number of amides is 1. The number of rotatable bonds is 6. The molecule has 1 amide bonds. The Kier molecular flexibility index (Phi) is 6.04. The molecule has 1 aliphatic heterocycles. The smallest absolute Gasteiger partial charge is 0.264 e. The molecule has 5 aromatic rings. The predicted molar refractivity (Wildman–Crippen MR) is 145 cm³/mol. The van der Waals surface area contributed by atoms with Crippen LogP contribution in [0.2, 0.25) is 0 Å². The van der Waals surface area contributed by atoms with E-state index in [1.54, 1.807) is 19.1 Å². The topological polar surface area (TPSA) is 132 Å². The van der Waals surface area contributed by atoms with Gasteiger partial charge in [0.2, 0.25) is 12.7 Å². The van der Waals surface area contributed by atoms with E-state index in [4.69, 9.17) is 14.5 Å². The van der Waals surface area contributed by atoms with Crippen molar-refractivity contribution in [2.75, 3.05) is 16.8 Å². The number of pyridine rings is 1. The number of aromatic nitrogens is 3. The van der Waals surface area contributed by atoms with E-state index in [-0.39, 0.29) is 23.5 Å². The molecule has 10 nitrogen and oxygen atoms in total. The SMILES string of the molecule is Cc1ccnc(NS(=O)(=O)c2ccc(NC(=O)c3cc(-c4ccc5c(c4)OCO5)nc4ccccc34)cc2)n1. The van der Waals surface area contributed by atoms with E-state index in [1.165, 1.54) is 30.5 Å². The predicted octanol–water partition coefficient (Wildman–Crippen LogP) is 4.78. The number of hydrogen-bond acceptors (Lipinski definition) is 8. The maximum Gasteiger partial charge on any atom is 0.264 e. The molecular formula is C28H21N5O5S. The van der Waals surface area contributed by atoms with Crippen LogP contribution in [-0.2, 0) is 10.0 Å². The Morgan fingerprint density at radius 3 is 2.51 bits per heavy atom. The first-order chi connectivity index (χ1) is 18.9. The lowest BCUT2D eigenvalue weighted by atomic mass is 10.0. The van der Waals surface area contributed by atoms with Crippen molar-refractivity contribution in [3.63, 3.8) is 0 Å². The normalized spacial score (nSPS) is 12.3. The molecule has 11 heteroatoms. The van der Waals surface area contributed by atoms with Crippen LogP contribution in [0.5, 0.6) is 11.5 Å². The zero-order valence-electron chi connectivity index (χ0n) is 20.6. The minimum atomic E-state index is -3.91. The van der Waals surface area contributed by atoms with Gasteiger partial charge >= 0.3 is 0 Å². The first-order valence-corrected chi connectivity index (χ1v) is 13.4. The van der Waals surface area contributed by atoms with Gasteiger partial charge in [-0.15, -0.1) is 0 Å². The van der Waals surface area contributed by atoms with Crippen LogP contribution in [0.3, 0.4) is 0 Å². The van der Waals surface area contributed by atoms with Gasteiger partial charge in [-0.1, -0.05) is 18.2 Å². The van der Waals surface area contributed by atoms with Gasteiger partial charge in [0.15, 0.2) is 11.5 Å². The highest BCUT2D eigenvalue weighted by Gasteiger charge is 2.19. The third kappa shape index (κ3) is 4.94. The second-order valence-corrected chi connectivity index (χ2v) is 10.4. The highest BCUT2D eigenvalue weighted by atomic mass is 32.2. The van der Waals surface area contributed by atoms with Gasteiger partial charge in [0.25, 0.3) is 15.9 Å². The third-order valence-corrected chi connectivity index (χ3v) is 7.42. The molecule has 3 heterocycles. The van der Waals surface area contributed by atoms with Crippen LogP contribution in [0, 0.1) is 6.92 Å². The van der Waals surface area contributed by atoms with Gasteiger partial charge in [-0.3, -0.25) is 4.79 Å². The fourth-order valence-corrected chi connectivity index (χ4v) is 5.11. The number of aryl methyl sites for hydroxylation is 1. The summed E-state index contributed by atoms with van der Waals surface area (Å²) in [5.74, 6) is 0.893. The number of fused-ring (bicyclic) bond motifs is 2. The van der Waals surface area contributed by atoms with E-state index in [1.807, 2.05) is 42.5 Å². The first-order valence-electron chi connectivity index (χ1n) is 11.9. The zero-order chi connectivity index (χ0) is 27.0. The van der Waals surface area contributed by atoms with Crippen molar-refractivity contribution in [3.8, 4) is 22.8 Å². The number of carbonyl (C=O) groups excluding carboxylic acids is 1. The van der Waals surface area contributed by atoms with Gasteiger partial charge in [0, 0.05) is 28.5 Å². The van der Waals surface area contributed by atoms with E-state index < -0.39 is 10.0 Å².